The molecule has 0 unspecified atom stereocenters. The van der Waals surface area contributed by atoms with E-state index in [0.717, 1.165) is 6.07 Å². The molecular formula is C7H7ClF2N2. The van der Waals surface area contributed by atoms with Crippen LogP contribution in [0, 0.1) is 0 Å². The highest BCUT2D eigenvalue weighted by Gasteiger charge is 2.31. The maximum atomic E-state index is 12.9. The molecule has 0 aliphatic heterocycles. The molecule has 0 bridgehead atoms. The van der Waals surface area contributed by atoms with Crippen molar-refractivity contribution >= 4 is 11.6 Å². The molecule has 66 valence electrons. The summed E-state index contributed by atoms with van der Waals surface area (Å²) in [6, 6.07) is 1.16. The van der Waals surface area contributed by atoms with Gasteiger partial charge in [0.05, 0.1) is 11.6 Å². The predicted octanol–water partition coefficient (Wildman–Crippen LogP) is 1.79. The normalized spacial score (nSPS) is 11.7. The molecule has 1 rings (SSSR count). The molecular weight excluding hydrogens is 186 g/mol. The molecule has 1 aromatic rings. The van der Waals surface area contributed by atoms with Crippen LogP contribution in [0.4, 0.5) is 8.78 Å². The van der Waals surface area contributed by atoms with Crippen molar-refractivity contribution in [3.63, 3.8) is 0 Å². The SMILES string of the molecule is NCC(F)(F)c1ccncc1Cl. The fourth-order valence-electron chi connectivity index (χ4n) is 0.782. The van der Waals surface area contributed by atoms with Gasteiger partial charge < -0.3 is 5.73 Å². The van der Waals surface area contributed by atoms with E-state index < -0.39 is 12.5 Å². The summed E-state index contributed by atoms with van der Waals surface area (Å²) < 4.78 is 25.8. The molecule has 0 saturated heterocycles. The minimum absolute atomic E-state index is 0.0621. The van der Waals surface area contributed by atoms with Crippen LogP contribution in [0.5, 0.6) is 0 Å². The Balaban J connectivity index is 3.10. The third kappa shape index (κ3) is 1.70. The van der Waals surface area contributed by atoms with Gasteiger partial charge in [0.15, 0.2) is 0 Å². The summed E-state index contributed by atoms with van der Waals surface area (Å²) in [6.07, 6.45) is 2.42. The molecule has 12 heavy (non-hydrogen) atoms. The first kappa shape index (κ1) is 9.35. The maximum absolute atomic E-state index is 12.9. The van der Waals surface area contributed by atoms with Crippen molar-refractivity contribution in [2.45, 2.75) is 5.92 Å². The molecule has 0 saturated carbocycles. The zero-order valence-corrected chi connectivity index (χ0v) is 6.85. The number of rotatable bonds is 2. The van der Waals surface area contributed by atoms with E-state index in [9.17, 15) is 8.78 Å². The Hall–Kier alpha value is -0.740. The molecule has 1 aromatic heterocycles. The highest BCUT2D eigenvalue weighted by molar-refractivity contribution is 6.31. The van der Waals surface area contributed by atoms with Crippen LogP contribution in [-0.4, -0.2) is 11.5 Å². The van der Waals surface area contributed by atoms with Crippen molar-refractivity contribution in [3.05, 3.63) is 29.0 Å². The van der Waals surface area contributed by atoms with E-state index in [-0.39, 0.29) is 10.6 Å². The predicted molar refractivity (Wildman–Crippen MR) is 42.2 cm³/mol. The second kappa shape index (κ2) is 3.33. The average molecular weight is 193 g/mol. The minimum Gasteiger partial charge on any atom is -0.325 e. The van der Waals surface area contributed by atoms with Crippen LogP contribution >= 0.6 is 11.6 Å². The van der Waals surface area contributed by atoms with Crippen molar-refractivity contribution in [3.8, 4) is 0 Å². The topological polar surface area (TPSA) is 38.9 Å². The van der Waals surface area contributed by atoms with Gasteiger partial charge in [0, 0.05) is 18.0 Å². The molecule has 2 nitrogen and oxygen atoms in total. The van der Waals surface area contributed by atoms with Gasteiger partial charge in [-0.3, -0.25) is 4.98 Å². The van der Waals surface area contributed by atoms with E-state index in [0.29, 0.717) is 0 Å². The quantitative estimate of drug-likeness (QED) is 0.776. The lowest BCUT2D eigenvalue weighted by molar-refractivity contribution is 0.00598. The highest BCUT2D eigenvalue weighted by Crippen LogP contribution is 2.31. The first-order valence-electron chi connectivity index (χ1n) is 3.26. The van der Waals surface area contributed by atoms with Gasteiger partial charge in [-0.25, -0.2) is 0 Å². The first-order valence-corrected chi connectivity index (χ1v) is 3.63. The summed E-state index contributed by atoms with van der Waals surface area (Å²) in [5, 5.41) is -0.0621. The number of pyridine rings is 1. The Kier molecular flexibility index (Phi) is 2.59. The van der Waals surface area contributed by atoms with Crippen LogP contribution in [0.25, 0.3) is 0 Å². The number of nitrogens with two attached hydrogens (primary N) is 1. The van der Waals surface area contributed by atoms with E-state index in [1.165, 1.54) is 12.4 Å². The van der Waals surface area contributed by atoms with Crippen molar-refractivity contribution in [2.24, 2.45) is 5.73 Å². The molecule has 0 atom stereocenters. The summed E-state index contributed by atoms with van der Waals surface area (Å²) in [6.45, 7) is -0.753. The van der Waals surface area contributed by atoms with E-state index in [2.05, 4.69) is 4.98 Å². The van der Waals surface area contributed by atoms with Gasteiger partial charge in [0.2, 0.25) is 0 Å². The van der Waals surface area contributed by atoms with E-state index in [4.69, 9.17) is 17.3 Å². The van der Waals surface area contributed by atoms with Crippen molar-refractivity contribution in [1.82, 2.24) is 4.98 Å². The summed E-state index contributed by atoms with van der Waals surface area (Å²) in [5.74, 6) is -3.07. The monoisotopic (exact) mass is 192 g/mol. The van der Waals surface area contributed by atoms with E-state index >= 15 is 0 Å². The van der Waals surface area contributed by atoms with Crippen LogP contribution in [0.2, 0.25) is 5.02 Å². The number of hydrogen-bond donors (Lipinski definition) is 1. The van der Waals surface area contributed by atoms with Gasteiger partial charge in [-0.1, -0.05) is 11.6 Å². The van der Waals surface area contributed by atoms with E-state index in [1.54, 1.807) is 0 Å². The molecule has 2 N–H and O–H groups in total. The van der Waals surface area contributed by atoms with Crippen molar-refractivity contribution in [2.75, 3.05) is 6.54 Å². The molecule has 1 heterocycles. The van der Waals surface area contributed by atoms with Crippen molar-refractivity contribution < 1.29 is 8.78 Å². The lowest BCUT2D eigenvalue weighted by Crippen LogP contribution is -2.25. The fraction of sp³-hybridized carbons (Fsp3) is 0.286. The van der Waals surface area contributed by atoms with Gasteiger partial charge in [-0.2, -0.15) is 8.78 Å². The van der Waals surface area contributed by atoms with Crippen LogP contribution in [0.1, 0.15) is 5.56 Å². The largest absolute Gasteiger partial charge is 0.325 e. The maximum Gasteiger partial charge on any atom is 0.286 e. The lowest BCUT2D eigenvalue weighted by Gasteiger charge is -2.14. The number of hydrogen-bond acceptors (Lipinski definition) is 2. The number of alkyl halides is 2. The Labute approximate surface area is 73.4 Å². The van der Waals surface area contributed by atoms with E-state index in [1.807, 2.05) is 0 Å². The van der Waals surface area contributed by atoms with Crippen LogP contribution < -0.4 is 5.73 Å². The molecule has 0 radical (unpaired) electrons. The van der Waals surface area contributed by atoms with Gasteiger partial charge in [0.25, 0.3) is 5.92 Å². The Morgan fingerprint density at radius 2 is 2.25 bits per heavy atom. The van der Waals surface area contributed by atoms with Gasteiger partial charge in [-0.15, -0.1) is 0 Å². The van der Waals surface area contributed by atoms with Gasteiger partial charge >= 0.3 is 0 Å². The van der Waals surface area contributed by atoms with Crippen LogP contribution in [0.3, 0.4) is 0 Å². The molecule has 0 spiro atoms. The lowest BCUT2D eigenvalue weighted by atomic mass is 10.1. The zero-order chi connectivity index (χ0) is 9.19. The van der Waals surface area contributed by atoms with Gasteiger partial charge in [-0.05, 0) is 6.07 Å². The second-order valence-electron chi connectivity index (χ2n) is 2.26. The third-order valence-corrected chi connectivity index (χ3v) is 1.72. The number of nitrogens with zero attached hydrogens (tertiary/aromatic N) is 1. The molecule has 0 fully saturated rings. The smallest absolute Gasteiger partial charge is 0.286 e. The summed E-state index contributed by atoms with van der Waals surface area (Å²) in [5.41, 5.74) is 4.60. The Bertz CT molecular complexity index is 278. The molecule has 0 aliphatic rings. The standard InChI is InChI=1S/C7H7ClF2N2/c8-6-3-12-2-1-5(6)7(9,10)4-11/h1-3H,4,11H2. The summed E-state index contributed by atoms with van der Waals surface area (Å²) in [4.78, 5) is 3.59. The van der Waals surface area contributed by atoms with Crippen molar-refractivity contribution in [1.29, 1.82) is 0 Å². The Morgan fingerprint density at radius 3 is 2.75 bits per heavy atom. The fourth-order valence-corrected chi connectivity index (χ4v) is 1.04. The summed E-state index contributed by atoms with van der Waals surface area (Å²) >= 11 is 5.49. The summed E-state index contributed by atoms with van der Waals surface area (Å²) in [7, 11) is 0. The molecule has 0 amide bonds. The van der Waals surface area contributed by atoms with Crippen LogP contribution in [0.15, 0.2) is 18.5 Å². The molecule has 0 aliphatic carbocycles. The molecule has 5 heteroatoms. The van der Waals surface area contributed by atoms with Crippen LogP contribution in [-0.2, 0) is 5.92 Å². The highest BCUT2D eigenvalue weighted by atomic mass is 35.5. The average Bonchev–Trinajstić information content (AvgIpc) is 2.05. The first-order chi connectivity index (χ1) is 5.58. The van der Waals surface area contributed by atoms with Gasteiger partial charge in [0.1, 0.15) is 0 Å². The number of halogens is 3. The minimum atomic E-state index is -3.07. The second-order valence-corrected chi connectivity index (χ2v) is 2.67. The zero-order valence-electron chi connectivity index (χ0n) is 6.10. The third-order valence-electron chi connectivity index (χ3n) is 1.42. The Morgan fingerprint density at radius 1 is 1.58 bits per heavy atom. The molecule has 0 aromatic carbocycles. The number of aromatic nitrogens is 1.